The normalized spacial score (nSPS) is 11.6. The highest BCUT2D eigenvalue weighted by Crippen LogP contribution is 2.11. The Morgan fingerprint density at radius 2 is 1.94 bits per heavy atom. The number of carbonyl (C=O) groups is 1. The number of nitrogens with one attached hydrogen (secondary N) is 1. The number of sulfone groups is 1. The number of aliphatic hydroxyl groups excluding tert-OH is 2. The maximum atomic E-state index is 11.7. The highest BCUT2D eigenvalue weighted by Gasteiger charge is 2.14. The van der Waals surface area contributed by atoms with Crippen molar-refractivity contribution >= 4 is 15.7 Å². The molecule has 0 saturated carbocycles. The molecule has 3 N–H and O–H groups in total. The first-order valence-corrected chi connectivity index (χ1v) is 7.10. The standard InChI is InChI=1S/C11H15NO5S/c1-18(16,17)10-4-2-3-8(5-10)11(15)12-9(6-13)7-14/h2-5,9,13-14H,6-7H2,1H3,(H,12,15). The van der Waals surface area contributed by atoms with Crippen LogP contribution in [0.2, 0.25) is 0 Å². The predicted octanol–water partition coefficient (Wildman–Crippen LogP) is -0.827. The Kier molecular flexibility index (Phi) is 4.83. The first kappa shape index (κ1) is 14.6. The molecule has 0 aromatic heterocycles. The SMILES string of the molecule is CS(=O)(=O)c1cccc(C(=O)NC(CO)CO)c1. The van der Waals surface area contributed by atoms with Crippen molar-refractivity contribution in [2.45, 2.75) is 10.9 Å². The van der Waals surface area contributed by atoms with E-state index in [9.17, 15) is 13.2 Å². The predicted molar refractivity (Wildman–Crippen MR) is 65.0 cm³/mol. The molecule has 0 saturated heterocycles. The van der Waals surface area contributed by atoms with Gasteiger partial charge >= 0.3 is 0 Å². The maximum Gasteiger partial charge on any atom is 0.251 e. The van der Waals surface area contributed by atoms with Crippen LogP contribution in [0.5, 0.6) is 0 Å². The molecule has 6 nitrogen and oxygen atoms in total. The molecular weight excluding hydrogens is 258 g/mol. The van der Waals surface area contributed by atoms with Crippen molar-refractivity contribution in [3.05, 3.63) is 29.8 Å². The van der Waals surface area contributed by atoms with E-state index >= 15 is 0 Å². The fourth-order valence-electron chi connectivity index (χ4n) is 1.29. The summed E-state index contributed by atoms with van der Waals surface area (Å²) in [7, 11) is -3.38. The van der Waals surface area contributed by atoms with E-state index in [4.69, 9.17) is 10.2 Å². The highest BCUT2D eigenvalue weighted by molar-refractivity contribution is 7.90. The van der Waals surface area contributed by atoms with Gasteiger partial charge in [-0.2, -0.15) is 0 Å². The van der Waals surface area contributed by atoms with Crippen LogP contribution in [0.15, 0.2) is 29.2 Å². The Hall–Kier alpha value is -1.44. The summed E-state index contributed by atoms with van der Waals surface area (Å²) in [5, 5.41) is 20.0. The van der Waals surface area contributed by atoms with Crippen molar-refractivity contribution in [3.63, 3.8) is 0 Å². The van der Waals surface area contributed by atoms with Crippen LogP contribution in [-0.4, -0.2) is 50.0 Å². The molecule has 1 rings (SSSR count). The van der Waals surface area contributed by atoms with Crippen molar-refractivity contribution < 1.29 is 23.4 Å². The van der Waals surface area contributed by atoms with Gasteiger partial charge in [0.1, 0.15) is 0 Å². The number of rotatable bonds is 5. The zero-order valence-electron chi connectivity index (χ0n) is 9.83. The van der Waals surface area contributed by atoms with Gasteiger partial charge in [-0.05, 0) is 18.2 Å². The molecule has 0 fully saturated rings. The average Bonchev–Trinajstić information content (AvgIpc) is 2.34. The van der Waals surface area contributed by atoms with E-state index < -0.39 is 35.0 Å². The van der Waals surface area contributed by atoms with Gasteiger partial charge in [-0.15, -0.1) is 0 Å². The summed E-state index contributed by atoms with van der Waals surface area (Å²) in [5.74, 6) is -0.548. The van der Waals surface area contributed by atoms with Crippen LogP contribution in [-0.2, 0) is 9.84 Å². The summed E-state index contributed by atoms with van der Waals surface area (Å²) in [6.45, 7) is -0.790. The van der Waals surface area contributed by atoms with Crippen LogP contribution in [0.4, 0.5) is 0 Å². The topological polar surface area (TPSA) is 104 Å². The van der Waals surface area contributed by atoms with Crippen molar-refractivity contribution in [2.75, 3.05) is 19.5 Å². The molecule has 1 amide bonds. The Labute approximate surface area is 105 Å². The highest BCUT2D eigenvalue weighted by atomic mass is 32.2. The van der Waals surface area contributed by atoms with Gasteiger partial charge in [0.2, 0.25) is 0 Å². The van der Waals surface area contributed by atoms with Crippen LogP contribution in [0, 0.1) is 0 Å². The van der Waals surface area contributed by atoms with Gasteiger partial charge in [0.25, 0.3) is 5.91 Å². The van der Waals surface area contributed by atoms with Gasteiger partial charge in [-0.3, -0.25) is 4.79 Å². The third-order valence-corrected chi connectivity index (χ3v) is 3.41. The molecule has 100 valence electrons. The maximum absolute atomic E-state index is 11.7. The van der Waals surface area contributed by atoms with Crippen LogP contribution in [0.1, 0.15) is 10.4 Å². The first-order chi connectivity index (χ1) is 8.38. The molecule has 1 aromatic rings. The second-order valence-electron chi connectivity index (χ2n) is 3.84. The Morgan fingerprint density at radius 1 is 1.33 bits per heavy atom. The third-order valence-electron chi connectivity index (χ3n) is 2.30. The molecule has 18 heavy (non-hydrogen) atoms. The molecule has 0 atom stereocenters. The summed E-state index contributed by atoms with van der Waals surface area (Å²) in [6, 6.07) is 4.78. The first-order valence-electron chi connectivity index (χ1n) is 5.21. The Bertz CT molecular complexity index is 522. The summed E-state index contributed by atoms with van der Waals surface area (Å²) < 4.78 is 22.7. The third kappa shape index (κ3) is 3.80. The molecule has 0 unspecified atom stereocenters. The largest absolute Gasteiger partial charge is 0.394 e. The van der Waals surface area contributed by atoms with Crippen molar-refractivity contribution in [1.29, 1.82) is 0 Å². The van der Waals surface area contributed by atoms with Gasteiger partial charge in [-0.25, -0.2) is 8.42 Å². The van der Waals surface area contributed by atoms with E-state index in [1.165, 1.54) is 24.3 Å². The number of benzene rings is 1. The number of carbonyl (C=O) groups excluding carboxylic acids is 1. The minimum atomic E-state index is -3.38. The number of hydrogen-bond donors (Lipinski definition) is 3. The average molecular weight is 273 g/mol. The van der Waals surface area contributed by atoms with E-state index in [0.29, 0.717) is 0 Å². The van der Waals surface area contributed by atoms with E-state index in [2.05, 4.69) is 5.32 Å². The van der Waals surface area contributed by atoms with Crippen molar-refractivity contribution in [1.82, 2.24) is 5.32 Å². The number of aliphatic hydroxyl groups is 2. The smallest absolute Gasteiger partial charge is 0.251 e. The lowest BCUT2D eigenvalue weighted by Crippen LogP contribution is -2.40. The fourth-order valence-corrected chi connectivity index (χ4v) is 1.95. The Balaban J connectivity index is 2.94. The molecule has 1 aromatic carbocycles. The van der Waals surface area contributed by atoms with Crippen molar-refractivity contribution in [2.24, 2.45) is 0 Å². The van der Waals surface area contributed by atoms with E-state index in [1.807, 2.05) is 0 Å². The van der Waals surface area contributed by atoms with E-state index in [-0.39, 0.29) is 10.5 Å². The van der Waals surface area contributed by atoms with Crippen LogP contribution < -0.4 is 5.32 Å². The lowest BCUT2D eigenvalue weighted by molar-refractivity contribution is 0.0879. The molecule has 0 aliphatic heterocycles. The molecule has 0 heterocycles. The van der Waals surface area contributed by atoms with Crippen LogP contribution in [0.3, 0.4) is 0 Å². The van der Waals surface area contributed by atoms with E-state index in [1.54, 1.807) is 0 Å². The van der Waals surface area contributed by atoms with E-state index in [0.717, 1.165) is 6.26 Å². The molecule has 0 aliphatic carbocycles. The van der Waals surface area contributed by atoms with Crippen LogP contribution in [0.25, 0.3) is 0 Å². The number of hydrogen-bond acceptors (Lipinski definition) is 5. The van der Waals surface area contributed by atoms with Gasteiger partial charge in [0.15, 0.2) is 9.84 Å². The second-order valence-corrected chi connectivity index (χ2v) is 5.85. The summed E-state index contributed by atoms with van der Waals surface area (Å²) in [6.07, 6.45) is 1.05. The monoisotopic (exact) mass is 273 g/mol. The minimum absolute atomic E-state index is 0.0414. The Morgan fingerprint density at radius 3 is 2.44 bits per heavy atom. The molecule has 7 heteroatoms. The fraction of sp³-hybridized carbons (Fsp3) is 0.364. The molecular formula is C11H15NO5S. The summed E-state index contributed by atoms with van der Waals surface area (Å²) >= 11 is 0. The molecule has 0 aliphatic rings. The van der Waals surface area contributed by atoms with Crippen LogP contribution >= 0.6 is 0 Å². The van der Waals surface area contributed by atoms with Gasteiger partial charge < -0.3 is 15.5 Å². The minimum Gasteiger partial charge on any atom is -0.394 e. The lowest BCUT2D eigenvalue weighted by Gasteiger charge is -2.13. The zero-order valence-corrected chi connectivity index (χ0v) is 10.6. The lowest BCUT2D eigenvalue weighted by atomic mass is 10.2. The zero-order chi connectivity index (χ0) is 13.8. The number of amides is 1. The summed E-state index contributed by atoms with van der Waals surface area (Å²) in [5.41, 5.74) is 0.157. The molecule has 0 spiro atoms. The van der Waals surface area contributed by atoms with Gasteiger partial charge in [0.05, 0.1) is 24.2 Å². The van der Waals surface area contributed by atoms with Gasteiger partial charge in [0, 0.05) is 11.8 Å². The summed E-state index contributed by atoms with van der Waals surface area (Å²) in [4.78, 5) is 11.8. The quantitative estimate of drug-likeness (QED) is 0.650. The second kappa shape index (κ2) is 5.94. The van der Waals surface area contributed by atoms with Gasteiger partial charge in [-0.1, -0.05) is 6.07 Å². The van der Waals surface area contributed by atoms with Crippen molar-refractivity contribution in [3.8, 4) is 0 Å². The molecule has 0 radical (unpaired) electrons. The molecule has 0 bridgehead atoms.